The lowest BCUT2D eigenvalue weighted by molar-refractivity contribution is -0.136. The van der Waals surface area contributed by atoms with E-state index >= 15 is 0 Å². The molecule has 18 heavy (non-hydrogen) atoms. The summed E-state index contributed by atoms with van der Waals surface area (Å²) >= 11 is 1.61. The standard InChI is InChI=1S/C12H15N3O2S/c1-12(2)16-6-8(17-12)5-13-10-9-3-4-18-11(9)15-7-14-10/h3-4,7-8H,5-6H2,1-2H3,(H,13,14,15). The van der Waals surface area contributed by atoms with Crippen LogP contribution >= 0.6 is 11.3 Å². The molecular formula is C12H15N3O2S. The van der Waals surface area contributed by atoms with Crippen LogP contribution < -0.4 is 5.32 Å². The molecule has 1 aliphatic rings. The molecule has 0 bridgehead atoms. The molecule has 0 aromatic carbocycles. The summed E-state index contributed by atoms with van der Waals surface area (Å²) in [5, 5.41) is 6.38. The van der Waals surface area contributed by atoms with Gasteiger partial charge in [-0.2, -0.15) is 0 Å². The van der Waals surface area contributed by atoms with Crippen molar-refractivity contribution in [1.82, 2.24) is 9.97 Å². The van der Waals surface area contributed by atoms with E-state index in [2.05, 4.69) is 15.3 Å². The van der Waals surface area contributed by atoms with Crippen molar-refractivity contribution in [3.63, 3.8) is 0 Å². The number of nitrogens with one attached hydrogen (secondary N) is 1. The Kier molecular flexibility index (Phi) is 2.93. The number of nitrogens with zero attached hydrogens (tertiary/aromatic N) is 2. The van der Waals surface area contributed by atoms with Gasteiger partial charge in [-0.25, -0.2) is 9.97 Å². The predicted molar refractivity (Wildman–Crippen MR) is 70.8 cm³/mol. The van der Waals surface area contributed by atoms with Crippen LogP contribution in [-0.4, -0.2) is 35.0 Å². The Labute approximate surface area is 109 Å². The maximum absolute atomic E-state index is 5.74. The third-order valence-electron chi connectivity index (χ3n) is 2.83. The number of hydrogen-bond donors (Lipinski definition) is 1. The average molecular weight is 265 g/mol. The fourth-order valence-corrected chi connectivity index (χ4v) is 2.74. The van der Waals surface area contributed by atoms with Crippen molar-refractivity contribution in [3.8, 4) is 0 Å². The quantitative estimate of drug-likeness (QED) is 0.922. The molecule has 0 spiro atoms. The van der Waals surface area contributed by atoms with E-state index in [0.717, 1.165) is 16.0 Å². The summed E-state index contributed by atoms with van der Waals surface area (Å²) in [6.45, 7) is 5.15. The molecule has 0 radical (unpaired) electrons. The summed E-state index contributed by atoms with van der Waals surface area (Å²) in [5.74, 6) is 0.380. The van der Waals surface area contributed by atoms with Gasteiger partial charge in [-0.15, -0.1) is 11.3 Å². The van der Waals surface area contributed by atoms with Crippen LogP contribution in [0.15, 0.2) is 17.8 Å². The van der Waals surface area contributed by atoms with E-state index in [4.69, 9.17) is 9.47 Å². The van der Waals surface area contributed by atoms with E-state index < -0.39 is 5.79 Å². The van der Waals surface area contributed by atoms with Crippen LogP contribution in [0.25, 0.3) is 10.2 Å². The minimum Gasteiger partial charge on any atom is -0.367 e. The van der Waals surface area contributed by atoms with E-state index in [1.165, 1.54) is 0 Å². The van der Waals surface area contributed by atoms with Gasteiger partial charge in [-0.3, -0.25) is 0 Å². The minimum atomic E-state index is -0.476. The van der Waals surface area contributed by atoms with Crippen LogP contribution in [0.3, 0.4) is 0 Å². The largest absolute Gasteiger partial charge is 0.367 e. The van der Waals surface area contributed by atoms with Gasteiger partial charge >= 0.3 is 0 Å². The van der Waals surface area contributed by atoms with E-state index in [1.807, 2.05) is 25.3 Å². The number of rotatable bonds is 3. The minimum absolute atomic E-state index is 0.0589. The van der Waals surface area contributed by atoms with Crippen LogP contribution in [-0.2, 0) is 9.47 Å². The van der Waals surface area contributed by atoms with Gasteiger partial charge in [-0.05, 0) is 25.3 Å². The van der Waals surface area contributed by atoms with Gasteiger partial charge in [0.15, 0.2) is 5.79 Å². The topological polar surface area (TPSA) is 56.3 Å². The lowest BCUT2D eigenvalue weighted by atomic mass is 10.3. The molecule has 1 unspecified atom stereocenters. The average Bonchev–Trinajstić information content (AvgIpc) is 2.92. The molecule has 3 rings (SSSR count). The predicted octanol–water partition coefficient (Wildman–Crippen LogP) is 2.25. The van der Waals surface area contributed by atoms with Crippen LogP contribution in [0.5, 0.6) is 0 Å². The highest BCUT2D eigenvalue weighted by Crippen LogP contribution is 2.25. The van der Waals surface area contributed by atoms with Crippen molar-refractivity contribution < 1.29 is 9.47 Å². The monoisotopic (exact) mass is 265 g/mol. The van der Waals surface area contributed by atoms with Crippen molar-refractivity contribution in [2.75, 3.05) is 18.5 Å². The molecule has 1 aliphatic heterocycles. The molecule has 96 valence electrons. The summed E-state index contributed by atoms with van der Waals surface area (Å²) < 4.78 is 11.3. The summed E-state index contributed by atoms with van der Waals surface area (Å²) in [7, 11) is 0. The van der Waals surface area contributed by atoms with Gasteiger partial charge in [0, 0.05) is 6.54 Å². The maximum Gasteiger partial charge on any atom is 0.163 e. The fourth-order valence-electron chi connectivity index (χ4n) is 2.01. The Balaban J connectivity index is 1.69. The van der Waals surface area contributed by atoms with Crippen LogP contribution in [0.1, 0.15) is 13.8 Å². The van der Waals surface area contributed by atoms with Crippen LogP contribution in [0.2, 0.25) is 0 Å². The first-order valence-corrected chi connectivity index (χ1v) is 6.76. The van der Waals surface area contributed by atoms with Gasteiger partial charge in [0.25, 0.3) is 0 Å². The van der Waals surface area contributed by atoms with E-state index in [-0.39, 0.29) is 6.10 Å². The number of aromatic nitrogens is 2. The molecule has 1 atom stereocenters. The molecule has 0 saturated carbocycles. The van der Waals surface area contributed by atoms with Crippen molar-refractivity contribution >= 4 is 27.4 Å². The molecule has 1 saturated heterocycles. The van der Waals surface area contributed by atoms with Crippen LogP contribution in [0, 0.1) is 0 Å². The molecule has 0 amide bonds. The van der Waals surface area contributed by atoms with Gasteiger partial charge in [0.1, 0.15) is 23.1 Å². The van der Waals surface area contributed by atoms with Gasteiger partial charge < -0.3 is 14.8 Å². The van der Waals surface area contributed by atoms with Crippen molar-refractivity contribution in [2.45, 2.75) is 25.7 Å². The highest BCUT2D eigenvalue weighted by atomic mass is 32.1. The molecule has 6 heteroatoms. The zero-order chi connectivity index (χ0) is 12.6. The highest BCUT2D eigenvalue weighted by Gasteiger charge is 2.32. The first-order chi connectivity index (χ1) is 8.64. The molecule has 1 N–H and O–H groups in total. The first-order valence-electron chi connectivity index (χ1n) is 5.88. The Morgan fingerprint density at radius 3 is 3.17 bits per heavy atom. The fraction of sp³-hybridized carbons (Fsp3) is 0.500. The number of thiophene rings is 1. The number of ether oxygens (including phenoxy) is 2. The normalized spacial score (nSPS) is 22.4. The van der Waals surface area contributed by atoms with Crippen molar-refractivity contribution in [1.29, 1.82) is 0 Å². The Hall–Kier alpha value is -1.24. The Bertz CT molecular complexity index is 555. The smallest absolute Gasteiger partial charge is 0.163 e. The molecule has 0 aliphatic carbocycles. The Morgan fingerprint density at radius 2 is 2.39 bits per heavy atom. The zero-order valence-corrected chi connectivity index (χ0v) is 11.2. The summed E-state index contributed by atoms with van der Waals surface area (Å²) in [6, 6.07) is 2.03. The van der Waals surface area contributed by atoms with E-state index in [0.29, 0.717) is 13.2 Å². The van der Waals surface area contributed by atoms with Gasteiger partial charge in [-0.1, -0.05) is 0 Å². The highest BCUT2D eigenvalue weighted by molar-refractivity contribution is 7.16. The van der Waals surface area contributed by atoms with E-state index in [1.54, 1.807) is 17.7 Å². The summed E-state index contributed by atoms with van der Waals surface area (Å²) in [5.41, 5.74) is 0. The second-order valence-corrected chi connectivity index (χ2v) is 5.59. The summed E-state index contributed by atoms with van der Waals surface area (Å²) in [4.78, 5) is 9.48. The summed E-state index contributed by atoms with van der Waals surface area (Å²) in [6.07, 6.45) is 1.64. The number of fused-ring (bicyclic) bond motifs is 1. The molecule has 3 heterocycles. The molecule has 2 aromatic rings. The maximum atomic E-state index is 5.74. The number of hydrogen-bond acceptors (Lipinski definition) is 6. The van der Waals surface area contributed by atoms with E-state index in [9.17, 15) is 0 Å². The third kappa shape index (κ3) is 2.31. The lowest BCUT2D eigenvalue weighted by Crippen LogP contribution is -2.26. The molecule has 5 nitrogen and oxygen atoms in total. The van der Waals surface area contributed by atoms with Gasteiger partial charge in [0.05, 0.1) is 12.0 Å². The van der Waals surface area contributed by atoms with Gasteiger partial charge in [0.2, 0.25) is 0 Å². The molecular weight excluding hydrogens is 250 g/mol. The Morgan fingerprint density at radius 1 is 1.50 bits per heavy atom. The molecule has 2 aromatic heterocycles. The number of anilines is 1. The zero-order valence-electron chi connectivity index (χ0n) is 10.3. The first kappa shape index (κ1) is 11.8. The third-order valence-corrected chi connectivity index (χ3v) is 3.65. The SMILES string of the molecule is CC1(C)OCC(CNc2ncnc3sccc23)O1. The van der Waals surface area contributed by atoms with Crippen molar-refractivity contribution in [3.05, 3.63) is 17.8 Å². The van der Waals surface area contributed by atoms with Crippen LogP contribution in [0.4, 0.5) is 5.82 Å². The van der Waals surface area contributed by atoms with Crippen molar-refractivity contribution in [2.24, 2.45) is 0 Å². The second kappa shape index (κ2) is 4.46. The lowest BCUT2D eigenvalue weighted by Gasteiger charge is -2.17. The second-order valence-electron chi connectivity index (χ2n) is 4.69. The molecule has 1 fully saturated rings.